The summed E-state index contributed by atoms with van der Waals surface area (Å²) < 4.78 is 2.08. The Labute approximate surface area is 119 Å². The summed E-state index contributed by atoms with van der Waals surface area (Å²) in [6, 6.07) is 7.49. The highest BCUT2D eigenvalue weighted by atomic mass is 15.3. The second kappa shape index (κ2) is 5.14. The van der Waals surface area contributed by atoms with Crippen molar-refractivity contribution in [1.29, 1.82) is 0 Å². The zero-order chi connectivity index (χ0) is 13.4. The van der Waals surface area contributed by atoms with Gasteiger partial charge in [-0.3, -0.25) is 9.30 Å². The van der Waals surface area contributed by atoms with Gasteiger partial charge < -0.3 is 5.32 Å². The highest BCUT2D eigenvalue weighted by molar-refractivity contribution is 5.36. The number of hydrogen-bond donors (Lipinski definition) is 1. The van der Waals surface area contributed by atoms with Gasteiger partial charge in [-0.05, 0) is 37.9 Å². The molecule has 1 N–H and O–H groups in total. The number of fused-ring (bicyclic) bond motifs is 2. The molecule has 2 unspecified atom stereocenters. The molecule has 2 aromatic heterocycles. The van der Waals surface area contributed by atoms with E-state index >= 15 is 0 Å². The van der Waals surface area contributed by atoms with E-state index in [9.17, 15) is 0 Å². The van der Waals surface area contributed by atoms with Crippen molar-refractivity contribution in [2.75, 3.05) is 19.6 Å². The number of rotatable bonds is 4. The largest absolute Gasteiger partial charge is 0.312 e. The van der Waals surface area contributed by atoms with Crippen LogP contribution in [0.15, 0.2) is 24.4 Å². The maximum absolute atomic E-state index is 4.29. The fourth-order valence-electron chi connectivity index (χ4n) is 3.75. The molecule has 0 aromatic carbocycles. The number of pyridine rings is 1. The standard InChI is InChI=1S/C15H21N5/c1-2-10-20-14(5-1)17-18-15(20)6-8-16-12-7-11-19-9-3-4-13(12)19/h1-2,5,10,12-13,16H,3-4,6-9,11H2. The molecule has 2 fully saturated rings. The van der Waals surface area contributed by atoms with Crippen molar-refractivity contribution in [2.45, 2.75) is 37.8 Å². The van der Waals surface area contributed by atoms with Gasteiger partial charge in [0.1, 0.15) is 5.82 Å². The fraction of sp³-hybridized carbons (Fsp3) is 0.600. The Morgan fingerprint density at radius 2 is 2.20 bits per heavy atom. The van der Waals surface area contributed by atoms with E-state index in [1.165, 1.54) is 32.4 Å². The second-order valence-corrected chi connectivity index (χ2v) is 5.89. The van der Waals surface area contributed by atoms with Crippen LogP contribution in [0.4, 0.5) is 0 Å². The molecule has 2 aliphatic rings. The third kappa shape index (κ3) is 2.11. The maximum atomic E-state index is 4.29. The molecule has 0 radical (unpaired) electrons. The lowest BCUT2D eigenvalue weighted by atomic mass is 10.1. The van der Waals surface area contributed by atoms with Crippen LogP contribution in [0.1, 0.15) is 25.1 Å². The Bertz CT molecular complexity index is 593. The molecular formula is C15H21N5. The third-order valence-corrected chi connectivity index (χ3v) is 4.75. The molecule has 2 aliphatic heterocycles. The predicted octanol–water partition coefficient (Wildman–Crippen LogP) is 1.10. The summed E-state index contributed by atoms with van der Waals surface area (Å²) in [5.74, 6) is 1.05. The van der Waals surface area contributed by atoms with E-state index in [1.807, 2.05) is 24.4 Å². The molecular weight excluding hydrogens is 250 g/mol. The average molecular weight is 271 g/mol. The first-order valence-corrected chi connectivity index (χ1v) is 7.68. The van der Waals surface area contributed by atoms with Gasteiger partial charge in [-0.1, -0.05) is 6.07 Å². The summed E-state index contributed by atoms with van der Waals surface area (Å²) in [4.78, 5) is 2.64. The number of nitrogens with zero attached hydrogens (tertiary/aromatic N) is 4. The predicted molar refractivity (Wildman–Crippen MR) is 77.7 cm³/mol. The van der Waals surface area contributed by atoms with E-state index in [-0.39, 0.29) is 0 Å². The highest BCUT2D eigenvalue weighted by Crippen LogP contribution is 2.27. The fourth-order valence-corrected chi connectivity index (χ4v) is 3.75. The molecule has 2 aromatic rings. The quantitative estimate of drug-likeness (QED) is 0.904. The van der Waals surface area contributed by atoms with Crippen LogP contribution in [0.3, 0.4) is 0 Å². The number of hydrogen-bond acceptors (Lipinski definition) is 4. The minimum Gasteiger partial charge on any atom is -0.312 e. The summed E-state index contributed by atoms with van der Waals surface area (Å²) in [6.45, 7) is 3.57. The monoisotopic (exact) mass is 271 g/mol. The zero-order valence-corrected chi connectivity index (χ0v) is 11.7. The molecule has 106 valence electrons. The summed E-state index contributed by atoms with van der Waals surface area (Å²) in [5.41, 5.74) is 0.935. The van der Waals surface area contributed by atoms with E-state index < -0.39 is 0 Å². The molecule has 2 atom stereocenters. The van der Waals surface area contributed by atoms with Crippen LogP contribution in [0.5, 0.6) is 0 Å². The van der Waals surface area contributed by atoms with Gasteiger partial charge in [-0.15, -0.1) is 10.2 Å². The van der Waals surface area contributed by atoms with Crippen molar-refractivity contribution in [1.82, 2.24) is 24.8 Å². The third-order valence-electron chi connectivity index (χ3n) is 4.75. The topological polar surface area (TPSA) is 45.5 Å². The van der Waals surface area contributed by atoms with E-state index in [4.69, 9.17) is 0 Å². The van der Waals surface area contributed by atoms with Gasteiger partial charge in [-0.25, -0.2) is 0 Å². The van der Waals surface area contributed by atoms with Gasteiger partial charge in [0.25, 0.3) is 0 Å². The Hall–Kier alpha value is -1.46. The Morgan fingerprint density at radius 3 is 3.20 bits per heavy atom. The van der Waals surface area contributed by atoms with Crippen molar-refractivity contribution in [3.05, 3.63) is 30.2 Å². The van der Waals surface area contributed by atoms with E-state index in [1.54, 1.807) is 0 Å². The Kier molecular flexibility index (Phi) is 3.16. The smallest absolute Gasteiger partial charge is 0.160 e. The lowest BCUT2D eigenvalue weighted by Crippen LogP contribution is -2.40. The summed E-state index contributed by atoms with van der Waals surface area (Å²) in [5, 5.41) is 12.2. The second-order valence-electron chi connectivity index (χ2n) is 5.89. The van der Waals surface area contributed by atoms with Gasteiger partial charge in [0.05, 0.1) is 0 Å². The van der Waals surface area contributed by atoms with Crippen LogP contribution < -0.4 is 5.32 Å². The average Bonchev–Trinajstić information content (AvgIpc) is 3.16. The molecule has 0 spiro atoms. The Morgan fingerprint density at radius 1 is 1.20 bits per heavy atom. The SMILES string of the molecule is c1ccn2c(CCNC3CCN4CCCC34)nnc2c1. The van der Waals surface area contributed by atoms with E-state index in [2.05, 4.69) is 24.8 Å². The number of aromatic nitrogens is 3. The van der Waals surface area contributed by atoms with Gasteiger partial charge in [0.15, 0.2) is 5.65 Å². The van der Waals surface area contributed by atoms with Gasteiger partial charge in [0.2, 0.25) is 0 Å². The first-order chi connectivity index (χ1) is 9.92. The minimum absolute atomic E-state index is 0.677. The summed E-state index contributed by atoms with van der Waals surface area (Å²) in [6.07, 6.45) is 7.02. The molecule has 4 heterocycles. The van der Waals surface area contributed by atoms with Crippen LogP contribution in [0, 0.1) is 0 Å². The molecule has 5 nitrogen and oxygen atoms in total. The lowest BCUT2D eigenvalue weighted by Gasteiger charge is -2.21. The molecule has 0 aliphatic carbocycles. The van der Waals surface area contributed by atoms with Crippen molar-refractivity contribution in [3.63, 3.8) is 0 Å². The molecule has 0 amide bonds. The van der Waals surface area contributed by atoms with Crippen LogP contribution in [-0.4, -0.2) is 51.2 Å². The molecule has 4 rings (SSSR count). The summed E-state index contributed by atoms with van der Waals surface area (Å²) in [7, 11) is 0. The van der Waals surface area contributed by atoms with Crippen molar-refractivity contribution >= 4 is 5.65 Å². The molecule has 20 heavy (non-hydrogen) atoms. The van der Waals surface area contributed by atoms with Crippen LogP contribution >= 0.6 is 0 Å². The number of nitrogens with one attached hydrogen (secondary N) is 1. The van der Waals surface area contributed by atoms with Gasteiger partial charge in [-0.2, -0.15) is 0 Å². The molecule has 0 bridgehead atoms. The minimum atomic E-state index is 0.677. The summed E-state index contributed by atoms with van der Waals surface area (Å²) >= 11 is 0. The van der Waals surface area contributed by atoms with Crippen molar-refractivity contribution < 1.29 is 0 Å². The molecule has 2 saturated heterocycles. The van der Waals surface area contributed by atoms with Gasteiger partial charge >= 0.3 is 0 Å². The maximum Gasteiger partial charge on any atom is 0.160 e. The van der Waals surface area contributed by atoms with Gasteiger partial charge in [0, 0.05) is 37.8 Å². The van der Waals surface area contributed by atoms with Crippen LogP contribution in [0.25, 0.3) is 5.65 Å². The normalized spacial score (nSPS) is 26.4. The van der Waals surface area contributed by atoms with Crippen LogP contribution in [-0.2, 0) is 6.42 Å². The molecule has 0 saturated carbocycles. The first-order valence-electron chi connectivity index (χ1n) is 7.68. The zero-order valence-electron chi connectivity index (χ0n) is 11.7. The Balaban J connectivity index is 1.37. The first kappa shape index (κ1) is 12.3. The van der Waals surface area contributed by atoms with Crippen LogP contribution in [0.2, 0.25) is 0 Å². The molecule has 5 heteroatoms. The van der Waals surface area contributed by atoms with Crippen molar-refractivity contribution in [2.24, 2.45) is 0 Å². The van der Waals surface area contributed by atoms with E-state index in [0.717, 1.165) is 30.5 Å². The van der Waals surface area contributed by atoms with Crippen molar-refractivity contribution in [3.8, 4) is 0 Å². The lowest BCUT2D eigenvalue weighted by molar-refractivity contribution is 0.299. The highest BCUT2D eigenvalue weighted by Gasteiger charge is 2.36. The van der Waals surface area contributed by atoms with E-state index in [0.29, 0.717) is 6.04 Å².